The fraction of sp³-hybridized carbons (Fsp3) is 0.678. The van der Waals surface area contributed by atoms with Crippen LogP contribution in [0.1, 0.15) is 239 Å². The smallest absolute Gasteiger partial charge is 0.306 e. The van der Waals surface area contributed by atoms with Crippen LogP contribution in [0.2, 0.25) is 0 Å². The maximum Gasteiger partial charge on any atom is 0.306 e. The number of hydrogen-bond donors (Lipinski definition) is 0. The highest BCUT2D eigenvalue weighted by atomic mass is 16.6. The van der Waals surface area contributed by atoms with E-state index in [0.717, 1.165) is 89.9 Å². The Morgan fingerprint density at radius 1 is 0.323 bits per heavy atom. The molecule has 0 aromatic carbocycles. The third kappa shape index (κ3) is 51.2. The first-order chi connectivity index (χ1) is 32.0. The van der Waals surface area contributed by atoms with Crippen LogP contribution in [0.25, 0.3) is 0 Å². The van der Waals surface area contributed by atoms with Gasteiger partial charge in [-0.3, -0.25) is 14.4 Å². The van der Waals surface area contributed by atoms with Crippen molar-refractivity contribution in [1.82, 2.24) is 0 Å². The molecule has 0 spiro atoms. The Hall–Kier alpha value is -3.67. The summed E-state index contributed by atoms with van der Waals surface area (Å²) >= 11 is 0. The lowest BCUT2D eigenvalue weighted by atomic mass is 10.1. The Morgan fingerprint density at radius 2 is 0.615 bits per heavy atom. The number of rotatable bonds is 47. The molecule has 6 nitrogen and oxygen atoms in total. The molecule has 0 rings (SSSR count). The van der Waals surface area contributed by atoms with Gasteiger partial charge < -0.3 is 14.2 Å². The molecule has 0 aromatic heterocycles. The highest BCUT2D eigenvalue weighted by Crippen LogP contribution is 2.13. The Morgan fingerprint density at radius 3 is 1.06 bits per heavy atom. The van der Waals surface area contributed by atoms with Gasteiger partial charge in [0, 0.05) is 19.3 Å². The molecule has 0 bridgehead atoms. The molecular formula is C59H98O6. The van der Waals surface area contributed by atoms with Gasteiger partial charge in [0.15, 0.2) is 6.10 Å². The van der Waals surface area contributed by atoms with Crippen LogP contribution in [0.4, 0.5) is 0 Å². The van der Waals surface area contributed by atoms with Crippen molar-refractivity contribution in [2.24, 2.45) is 0 Å². The summed E-state index contributed by atoms with van der Waals surface area (Å²) < 4.78 is 16.7. The highest BCUT2D eigenvalue weighted by Gasteiger charge is 2.19. The lowest BCUT2D eigenvalue weighted by Crippen LogP contribution is -2.30. The molecule has 0 amide bonds. The second-order valence-electron chi connectivity index (χ2n) is 17.4. The van der Waals surface area contributed by atoms with Crippen molar-refractivity contribution in [3.63, 3.8) is 0 Å². The average Bonchev–Trinajstić information content (AvgIpc) is 3.30. The van der Waals surface area contributed by atoms with Crippen LogP contribution in [0.15, 0.2) is 97.2 Å². The quantitative estimate of drug-likeness (QED) is 0.0262. The second kappa shape index (κ2) is 52.9. The SMILES string of the molecule is CC/C=C\C/C=C\C/C=C\CCCCC(=O)OCC(COC(=O)CCCCCCC/C=C\CCCCCCCCCCC)OC(=O)CCC/C=C\C/C=C\C/C=C\C/C=C\CCCCC. The number of allylic oxidation sites excluding steroid dienone is 16. The van der Waals surface area contributed by atoms with Gasteiger partial charge in [-0.1, -0.05) is 201 Å². The monoisotopic (exact) mass is 903 g/mol. The lowest BCUT2D eigenvalue weighted by Gasteiger charge is -2.18. The van der Waals surface area contributed by atoms with E-state index < -0.39 is 6.10 Å². The van der Waals surface area contributed by atoms with Crippen molar-refractivity contribution in [2.45, 2.75) is 245 Å². The summed E-state index contributed by atoms with van der Waals surface area (Å²) in [6.45, 7) is 6.40. The van der Waals surface area contributed by atoms with Crippen LogP contribution in [0, 0.1) is 0 Å². The molecule has 6 heteroatoms. The molecule has 0 aliphatic rings. The normalized spacial score (nSPS) is 12.8. The summed E-state index contributed by atoms with van der Waals surface area (Å²) in [7, 11) is 0. The minimum atomic E-state index is -0.825. The standard InChI is InChI=1S/C59H98O6/c1-4-7-10-13-16-19-22-25-27-29-31-32-34-37-40-43-46-49-52-58(61)64-55-56(54-63-57(60)51-48-45-42-39-36-24-21-18-15-12-9-6-3)65-59(62)53-50-47-44-41-38-35-33-30-28-26-23-20-17-14-11-8-5-2/h9,12,17-18,20-21,26,28,31-33,35-36,39,41,44,56H,4-8,10-11,13-16,19,22-25,27,29-30,34,37-38,40,42-43,45-55H2,1-3H3/b12-9-,20-17-,21-18-,28-26-,32-31-,35-33-,39-36-,44-41-. The Labute approximate surface area is 400 Å². The Bertz CT molecular complexity index is 1310. The van der Waals surface area contributed by atoms with E-state index in [-0.39, 0.29) is 37.5 Å². The predicted octanol–water partition coefficient (Wildman–Crippen LogP) is 17.8. The van der Waals surface area contributed by atoms with Gasteiger partial charge in [0.25, 0.3) is 0 Å². The van der Waals surface area contributed by atoms with E-state index in [1.54, 1.807) is 0 Å². The van der Waals surface area contributed by atoms with E-state index in [1.165, 1.54) is 96.3 Å². The van der Waals surface area contributed by atoms with Crippen molar-refractivity contribution in [3.8, 4) is 0 Å². The largest absolute Gasteiger partial charge is 0.462 e. The molecule has 0 saturated heterocycles. The molecule has 0 aliphatic heterocycles. The van der Waals surface area contributed by atoms with Gasteiger partial charge in [-0.2, -0.15) is 0 Å². The van der Waals surface area contributed by atoms with Crippen molar-refractivity contribution in [3.05, 3.63) is 97.2 Å². The van der Waals surface area contributed by atoms with Gasteiger partial charge in [0.05, 0.1) is 0 Å². The Kier molecular flexibility index (Phi) is 50.0. The van der Waals surface area contributed by atoms with Crippen LogP contribution < -0.4 is 0 Å². The Balaban J connectivity index is 4.51. The van der Waals surface area contributed by atoms with Gasteiger partial charge >= 0.3 is 17.9 Å². The average molecular weight is 903 g/mol. The van der Waals surface area contributed by atoms with Gasteiger partial charge in [0.2, 0.25) is 0 Å². The van der Waals surface area contributed by atoms with E-state index in [4.69, 9.17) is 14.2 Å². The predicted molar refractivity (Wildman–Crippen MR) is 279 cm³/mol. The summed E-state index contributed by atoms with van der Waals surface area (Å²) in [5.74, 6) is -1.02. The van der Waals surface area contributed by atoms with E-state index in [0.29, 0.717) is 25.7 Å². The van der Waals surface area contributed by atoms with Crippen molar-refractivity contribution in [2.75, 3.05) is 13.2 Å². The van der Waals surface area contributed by atoms with Crippen LogP contribution >= 0.6 is 0 Å². The second-order valence-corrected chi connectivity index (χ2v) is 17.4. The molecule has 0 fully saturated rings. The molecule has 1 unspecified atom stereocenters. The fourth-order valence-electron chi connectivity index (χ4n) is 7.03. The van der Waals surface area contributed by atoms with Gasteiger partial charge in [0.1, 0.15) is 13.2 Å². The van der Waals surface area contributed by atoms with Gasteiger partial charge in [-0.05, 0) is 116 Å². The minimum absolute atomic E-state index is 0.117. The van der Waals surface area contributed by atoms with Crippen LogP contribution in [-0.4, -0.2) is 37.2 Å². The minimum Gasteiger partial charge on any atom is -0.462 e. The zero-order valence-electron chi connectivity index (χ0n) is 42.2. The number of carbonyl (C=O) groups is 3. The molecule has 0 aliphatic carbocycles. The van der Waals surface area contributed by atoms with Crippen molar-refractivity contribution >= 4 is 17.9 Å². The zero-order valence-corrected chi connectivity index (χ0v) is 42.2. The lowest BCUT2D eigenvalue weighted by molar-refractivity contribution is -0.167. The summed E-state index contributed by atoms with van der Waals surface area (Å²) in [5.41, 5.74) is 0. The van der Waals surface area contributed by atoms with Gasteiger partial charge in [-0.25, -0.2) is 0 Å². The number of carbonyl (C=O) groups excluding carboxylic acids is 3. The topological polar surface area (TPSA) is 78.9 Å². The van der Waals surface area contributed by atoms with Crippen LogP contribution in [0.3, 0.4) is 0 Å². The molecule has 0 N–H and O–H groups in total. The first-order valence-electron chi connectivity index (χ1n) is 26.7. The number of hydrogen-bond acceptors (Lipinski definition) is 6. The molecule has 370 valence electrons. The molecule has 0 radical (unpaired) electrons. The van der Waals surface area contributed by atoms with E-state index >= 15 is 0 Å². The number of unbranched alkanes of at least 4 members (excludes halogenated alkanes) is 20. The van der Waals surface area contributed by atoms with Crippen LogP contribution in [-0.2, 0) is 28.6 Å². The van der Waals surface area contributed by atoms with Crippen LogP contribution in [0.5, 0.6) is 0 Å². The first-order valence-corrected chi connectivity index (χ1v) is 26.7. The summed E-state index contributed by atoms with van der Waals surface area (Å²) in [6.07, 6.45) is 69.8. The molecule has 0 aromatic rings. The maximum atomic E-state index is 12.8. The molecule has 65 heavy (non-hydrogen) atoms. The summed E-state index contributed by atoms with van der Waals surface area (Å²) in [6, 6.07) is 0. The molecule has 0 heterocycles. The number of ether oxygens (including phenoxy) is 3. The fourth-order valence-corrected chi connectivity index (χ4v) is 7.03. The van der Waals surface area contributed by atoms with E-state index in [2.05, 4.69) is 118 Å². The van der Waals surface area contributed by atoms with Crippen molar-refractivity contribution in [1.29, 1.82) is 0 Å². The number of esters is 3. The third-order valence-electron chi connectivity index (χ3n) is 11.0. The van der Waals surface area contributed by atoms with E-state index in [9.17, 15) is 14.4 Å². The molecule has 1 atom stereocenters. The first kappa shape index (κ1) is 61.3. The third-order valence-corrected chi connectivity index (χ3v) is 11.0. The maximum absolute atomic E-state index is 12.8. The summed E-state index contributed by atoms with van der Waals surface area (Å²) in [5, 5.41) is 0. The molecule has 0 saturated carbocycles. The van der Waals surface area contributed by atoms with Crippen molar-refractivity contribution < 1.29 is 28.6 Å². The van der Waals surface area contributed by atoms with Gasteiger partial charge in [-0.15, -0.1) is 0 Å². The highest BCUT2D eigenvalue weighted by molar-refractivity contribution is 5.71. The zero-order chi connectivity index (χ0) is 47.2. The van der Waals surface area contributed by atoms with E-state index in [1.807, 2.05) is 0 Å². The molecular weight excluding hydrogens is 805 g/mol. The summed E-state index contributed by atoms with van der Waals surface area (Å²) in [4.78, 5) is 38.0.